The van der Waals surface area contributed by atoms with E-state index in [-0.39, 0.29) is 132 Å². The number of rotatable bonds is 44. The second kappa shape index (κ2) is 39.3. The fourth-order valence-corrected chi connectivity index (χ4v) is 5.20. The van der Waals surface area contributed by atoms with Gasteiger partial charge in [-0.05, 0) is 0 Å². The summed E-state index contributed by atoms with van der Waals surface area (Å²) in [6.45, 7) is 5.14. The minimum atomic E-state index is -1.22. The Kier molecular flexibility index (Phi) is 37.8. The number of nitrogens with one attached hydrogen (secondary N) is 2. The van der Waals surface area contributed by atoms with E-state index in [9.17, 15) is 50.4 Å². The third kappa shape index (κ3) is 34.8. The zero-order chi connectivity index (χ0) is 45.7. The lowest BCUT2D eigenvalue weighted by Crippen LogP contribution is -3.14. The zero-order valence-corrected chi connectivity index (χ0v) is 35.1. The summed E-state index contributed by atoms with van der Waals surface area (Å²) in [5.74, 6) is -1.47. The lowest BCUT2D eigenvalue weighted by atomic mass is 10.3. The standard InChI is InChI=1S/C38H72N2O21/c1-3-36(51)58-23-33(49)22-57-35(27-55-20-31(47)19-54-18-30(46)16-40(8-12-43)9-13-44)28-56-21-32(48)25-60-38(61-26-34(50)24-59-37(52)4-2)5-14-53-17-29(45)15-39(6-10-41)7-11-42/h3-4,29-35,38,41-50H,1-2,5-28H2/p+2. The third-order valence-electron chi connectivity index (χ3n) is 8.21. The van der Waals surface area contributed by atoms with Crippen LogP contribution in [0.15, 0.2) is 25.3 Å². The maximum Gasteiger partial charge on any atom is 0.330 e. The molecule has 0 saturated carbocycles. The molecule has 360 valence electrons. The number of quaternary nitrogens is 2. The number of carbonyl (C=O) groups excluding carboxylic acids is 2. The van der Waals surface area contributed by atoms with E-state index in [1.54, 1.807) is 0 Å². The maximum atomic E-state index is 11.4. The van der Waals surface area contributed by atoms with Crippen molar-refractivity contribution >= 4 is 11.9 Å². The summed E-state index contributed by atoms with van der Waals surface area (Å²) >= 11 is 0. The molecule has 0 saturated heterocycles. The highest BCUT2D eigenvalue weighted by molar-refractivity contribution is 5.81. The minimum absolute atomic E-state index is 0.0298. The Balaban J connectivity index is 5.14. The van der Waals surface area contributed by atoms with E-state index < -0.39 is 61.0 Å². The van der Waals surface area contributed by atoms with E-state index in [4.69, 9.17) is 52.8 Å². The van der Waals surface area contributed by atoms with Crippen LogP contribution in [0.4, 0.5) is 0 Å². The molecule has 0 amide bonds. The molecule has 0 bridgehead atoms. The van der Waals surface area contributed by atoms with Gasteiger partial charge in [0.15, 0.2) is 6.29 Å². The van der Waals surface area contributed by atoms with Crippen molar-refractivity contribution in [2.75, 3.05) is 152 Å². The summed E-state index contributed by atoms with van der Waals surface area (Å²) in [5, 5.41) is 98.6. The number of esters is 2. The Morgan fingerprint density at radius 2 is 0.803 bits per heavy atom. The molecular weight excluding hydrogens is 820 g/mol. The van der Waals surface area contributed by atoms with Crippen molar-refractivity contribution in [1.82, 2.24) is 0 Å². The normalized spacial score (nSPS) is 15.8. The Labute approximate surface area is 357 Å². The molecular formula is C38H74N2O21+2. The van der Waals surface area contributed by atoms with Gasteiger partial charge in [-0.25, -0.2) is 9.59 Å². The van der Waals surface area contributed by atoms with Crippen molar-refractivity contribution in [2.24, 2.45) is 0 Å². The van der Waals surface area contributed by atoms with Crippen LogP contribution in [0.3, 0.4) is 0 Å². The molecule has 61 heavy (non-hydrogen) atoms. The molecule has 0 aromatic rings. The highest BCUT2D eigenvalue weighted by Crippen LogP contribution is 2.07. The largest absolute Gasteiger partial charge is 0.460 e. The Hall–Kier alpha value is -2.34. The van der Waals surface area contributed by atoms with E-state index in [0.29, 0.717) is 26.2 Å². The third-order valence-corrected chi connectivity index (χ3v) is 8.21. The van der Waals surface area contributed by atoms with Gasteiger partial charge in [-0.15, -0.1) is 0 Å². The van der Waals surface area contributed by atoms with E-state index in [1.807, 2.05) is 0 Å². The van der Waals surface area contributed by atoms with Crippen LogP contribution in [-0.2, 0) is 52.2 Å². The highest BCUT2D eigenvalue weighted by Gasteiger charge is 2.21. The first-order chi connectivity index (χ1) is 29.3. The molecule has 8 unspecified atom stereocenters. The van der Waals surface area contributed by atoms with Gasteiger partial charge in [0.2, 0.25) is 0 Å². The van der Waals surface area contributed by atoms with Gasteiger partial charge in [0.25, 0.3) is 0 Å². The molecule has 0 spiro atoms. The molecule has 0 heterocycles. The van der Waals surface area contributed by atoms with E-state index in [1.165, 1.54) is 0 Å². The topological polar surface area (TPSA) is 328 Å². The molecule has 12 N–H and O–H groups in total. The lowest BCUT2D eigenvalue weighted by Gasteiger charge is -2.24. The molecule has 8 atom stereocenters. The summed E-state index contributed by atoms with van der Waals surface area (Å²) in [6, 6.07) is 0. The predicted octanol–water partition coefficient (Wildman–Crippen LogP) is -8.45. The molecule has 0 aliphatic carbocycles. The van der Waals surface area contributed by atoms with Gasteiger partial charge >= 0.3 is 11.9 Å². The average molecular weight is 895 g/mol. The van der Waals surface area contributed by atoms with Gasteiger partial charge in [-0.2, -0.15) is 0 Å². The van der Waals surface area contributed by atoms with E-state index in [2.05, 4.69) is 13.2 Å². The van der Waals surface area contributed by atoms with Crippen molar-refractivity contribution in [2.45, 2.75) is 55.4 Å². The SMILES string of the molecule is C=CC(=O)OCC(O)COC(COCC(O)COCC(O)C[NH+](CCO)CCO)COCC(O)COC(CCOCC(O)C[NH+](CCO)CCO)OCC(O)COC(=O)C=C. The van der Waals surface area contributed by atoms with Gasteiger partial charge < -0.3 is 103 Å². The number of aliphatic hydroxyl groups excluding tert-OH is 10. The summed E-state index contributed by atoms with van der Waals surface area (Å²) in [4.78, 5) is 24.3. The Morgan fingerprint density at radius 3 is 1.21 bits per heavy atom. The molecule has 23 heteroatoms. The first-order valence-corrected chi connectivity index (χ1v) is 20.2. The molecule has 0 aromatic heterocycles. The van der Waals surface area contributed by atoms with Crippen LogP contribution >= 0.6 is 0 Å². The fourth-order valence-electron chi connectivity index (χ4n) is 5.20. The number of ether oxygens (including phenoxy) is 9. The van der Waals surface area contributed by atoms with Crippen LogP contribution in [-0.4, -0.2) is 264 Å². The average Bonchev–Trinajstić information content (AvgIpc) is 3.23. The van der Waals surface area contributed by atoms with Crippen LogP contribution in [0.1, 0.15) is 6.42 Å². The van der Waals surface area contributed by atoms with Gasteiger partial charge in [-0.1, -0.05) is 13.2 Å². The van der Waals surface area contributed by atoms with Crippen LogP contribution in [0.25, 0.3) is 0 Å². The van der Waals surface area contributed by atoms with Crippen LogP contribution in [0.5, 0.6) is 0 Å². The Morgan fingerprint density at radius 1 is 0.459 bits per heavy atom. The first-order valence-electron chi connectivity index (χ1n) is 20.2. The number of hydrogen-bond acceptors (Lipinski definition) is 21. The van der Waals surface area contributed by atoms with Gasteiger partial charge in [-0.3, -0.25) is 0 Å². The highest BCUT2D eigenvalue weighted by atomic mass is 16.7. The zero-order valence-electron chi connectivity index (χ0n) is 35.1. The van der Waals surface area contributed by atoms with Crippen LogP contribution in [0.2, 0.25) is 0 Å². The summed E-state index contributed by atoms with van der Waals surface area (Å²) in [7, 11) is 0. The van der Waals surface area contributed by atoms with Crippen LogP contribution < -0.4 is 9.80 Å². The summed E-state index contributed by atoms with van der Waals surface area (Å²) in [6.07, 6.45) is -6.44. The molecule has 0 rings (SSSR count). The van der Waals surface area contributed by atoms with Crippen molar-refractivity contribution in [1.29, 1.82) is 0 Å². The number of aliphatic hydroxyl groups is 10. The fraction of sp³-hybridized carbons (Fsp3) is 0.842. The smallest absolute Gasteiger partial charge is 0.330 e. The second-order valence-corrected chi connectivity index (χ2v) is 13.9. The maximum absolute atomic E-state index is 11.4. The minimum Gasteiger partial charge on any atom is -0.460 e. The molecule has 0 aliphatic rings. The van der Waals surface area contributed by atoms with Crippen molar-refractivity contribution < 1.29 is 113 Å². The Bertz CT molecular complexity index is 1070. The molecule has 23 nitrogen and oxygen atoms in total. The van der Waals surface area contributed by atoms with E-state index >= 15 is 0 Å². The lowest BCUT2D eigenvalue weighted by molar-refractivity contribution is -0.904. The molecule has 0 aliphatic heterocycles. The number of carbonyl (C=O) groups is 2. The number of hydrogen-bond donors (Lipinski definition) is 12. The van der Waals surface area contributed by atoms with Crippen LogP contribution in [0, 0.1) is 0 Å². The predicted molar refractivity (Wildman–Crippen MR) is 211 cm³/mol. The summed E-state index contributed by atoms with van der Waals surface area (Å²) in [5.41, 5.74) is 0. The second-order valence-electron chi connectivity index (χ2n) is 13.9. The molecule has 0 fully saturated rings. The quantitative estimate of drug-likeness (QED) is 0.0117. The van der Waals surface area contributed by atoms with Gasteiger partial charge in [0.1, 0.15) is 95.2 Å². The van der Waals surface area contributed by atoms with E-state index in [0.717, 1.165) is 22.0 Å². The summed E-state index contributed by atoms with van der Waals surface area (Å²) < 4.78 is 48.8. The van der Waals surface area contributed by atoms with Crippen molar-refractivity contribution in [3.05, 3.63) is 25.3 Å². The van der Waals surface area contributed by atoms with Gasteiger partial charge in [0, 0.05) is 18.6 Å². The monoisotopic (exact) mass is 894 g/mol. The molecule has 0 radical (unpaired) electrons. The van der Waals surface area contributed by atoms with Crippen molar-refractivity contribution in [3.63, 3.8) is 0 Å². The first kappa shape index (κ1) is 58.7. The van der Waals surface area contributed by atoms with Gasteiger partial charge in [0.05, 0.1) is 99.1 Å². The molecule has 0 aromatic carbocycles. The van der Waals surface area contributed by atoms with Crippen molar-refractivity contribution in [3.8, 4) is 0 Å².